The molecule has 0 aliphatic carbocycles. The van der Waals surface area contributed by atoms with Crippen molar-refractivity contribution in [2.75, 3.05) is 39.0 Å². The molecule has 0 aromatic heterocycles. The summed E-state index contributed by atoms with van der Waals surface area (Å²) >= 11 is 7.37. The molecule has 1 aromatic rings. The third-order valence-electron chi connectivity index (χ3n) is 3.59. The molecule has 1 aliphatic rings. The zero-order valence-electron chi connectivity index (χ0n) is 11.1. The summed E-state index contributed by atoms with van der Waals surface area (Å²) in [6.45, 7) is 8.07. The summed E-state index contributed by atoms with van der Waals surface area (Å²) in [4.78, 5) is 6.34. The summed E-state index contributed by atoms with van der Waals surface area (Å²) < 4.78 is 0. The summed E-state index contributed by atoms with van der Waals surface area (Å²) in [5.41, 5.74) is 1.18. The Labute approximate surface area is 119 Å². The molecule has 2 rings (SSSR count). The number of rotatable bonds is 3. The van der Waals surface area contributed by atoms with E-state index in [0.29, 0.717) is 0 Å². The first kappa shape index (κ1) is 13.8. The molecular weight excluding hydrogens is 260 g/mol. The largest absolute Gasteiger partial charge is 0.351 e. The van der Waals surface area contributed by atoms with Crippen LogP contribution in [0.2, 0.25) is 0 Å². The number of thiocarbonyl (C=S) groups is 1. The number of piperazine rings is 1. The van der Waals surface area contributed by atoms with Gasteiger partial charge >= 0.3 is 0 Å². The average Bonchev–Trinajstić information content (AvgIpc) is 2.47. The van der Waals surface area contributed by atoms with Crippen LogP contribution < -0.4 is 4.90 Å². The van der Waals surface area contributed by atoms with E-state index in [9.17, 15) is 0 Å². The van der Waals surface area contributed by atoms with E-state index in [1.165, 1.54) is 30.1 Å². The van der Waals surface area contributed by atoms with Crippen LogP contribution in [-0.4, -0.2) is 48.9 Å². The zero-order valence-corrected chi connectivity index (χ0v) is 12.7. The molecule has 18 heavy (non-hydrogen) atoms. The Kier molecular flexibility index (Phi) is 5.03. The fourth-order valence-corrected chi connectivity index (χ4v) is 3.02. The second kappa shape index (κ2) is 6.55. The molecule has 0 atom stereocenters. The fourth-order valence-electron chi connectivity index (χ4n) is 2.30. The molecule has 1 saturated heterocycles. The number of thioether (sulfide) groups is 1. The van der Waals surface area contributed by atoms with Crippen molar-refractivity contribution in [2.24, 2.45) is 0 Å². The molecule has 4 heteroatoms. The van der Waals surface area contributed by atoms with Crippen LogP contribution in [-0.2, 0) is 0 Å². The normalized spacial score (nSPS) is 16.9. The lowest BCUT2D eigenvalue weighted by atomic mass is 10.2. The number of benzene rings is 1. The molecule has 1 heterocycles. The first-order valence-corrected chi connectivity index (χ1v) is 8.14. The van der Waals surface area contributed by atoms with Crippen molar-refractivity contribution in [1.29, 1.82) is 0 Å². The summed E-state index contributed by atoms with van der Waals surface area (Å²) in [5, 5.41) is 0. The van der Waals surface area contributed by atoms with Gasteiger partial charge in [0.1, 0.15) is 4.99 Å². The van der Waals surface area contributed by atoms with Crippen LogP contribution in [0.15, 0.2) is 29.2 Å². The van der Waals surface area contributed by atoms with Crippen LogP contribution in [0.1, 0.15) is 12.5 Å². The topological polar surface area (TPSA) is 7.68 Å². The minimum absolute atomic E-state index is 1.01. The van der Waals surface area contributed by atoms with E-state index in [1.807, 2.05) is 0 Å². The summed E-state index contributed by atoms with van der Waals surface area (Å²) in [6, 6.07) is 8.60. The molecule has 0 unspecified atom stereocenters. The van der Waals surface area contributed by atoms with E-state index in [1.54, 1.807) is 16.7 Å². The Morgan fingerprint density at radius 2 is 1.89 bits per heavy atom. The van der Waals surface area contributed by atoms with Gasteiger partial charge < -0.3 is 9.80 Å². The van der Waals surface area contributed by atoms with Crippen LogP contribution in [0.4, 0.5) is 0 Å². The van der Waals surface area contributed by atoms with Gasteiger partial charge in [-0.05, 0) is 25.3 Å². The van der Waals surface area contributed by atoms with Crippen molar-refractivity contribution in [3.8, 4) is 0 Å². The van der Waals surface area contributed by atoms with Crippen molar-refractivity contribution in [2.45, 2.75) is 11.8 Å². The van der Waals surface area contributed by atoms with E-state index in [-0.39, 0.29) is 0 Å². The predicted molar refractivity (Wildman–Crippen MR) is 82.7 cm³/mol. The number of likely N-dealkylation sites (N-methyl/N-ethyl adjacent to an activating group) is 1. The molecule has 0 spiro atoms. The van der Waals surface area contributed by atoms with Gasteiger partial charge in [0, 0.05) is 10.5 Å². The summed E-state index contributed by atoms with van der Waals surface area (Å²) in [7, 11) is 0. The number of nitrogens with one attached hydrogen (secondary N) is 1. The zero-order chi connectivity index (χ0) is 13.0. The van der Waals surface area contributed by atoms with Crippen molar-refractivity contribution >= 4 is 29.0 Å². The highest BCUT2D eigenvalue weighted by atomic mass is 32.2. The van der Waals surface area contributed by atoms with Crippen molar-refractivity contribution < 1.29 is 4.90 Å². The summed E-state index contributed by atoms with van der Waals surface area (Å²) in [5.74, 6) is 0. The van der Waals surface area contributed by atoms with Gasteiger partial charge in [0.25, 0.3) is 0 Å². The van der Waals surface area contributed by atoms with Gasteiger partial charge in [0.15, 0.2) is 0 Å². The second-order valence-corrected chi connectivity index (χ2v) is 5.89. The van der Waals surface area contributed by atoms with Crippen molar-refractivity contribution in [3.05, 3.63) is 29.8 Å². The molecular formula is C14H21N2S2+. The van der Waals surface area contributed by atoms with E-state index in [4.69, 9.17) is 12.2 Å². The average molecular weight is 281 g/mol. The minimum atomic E-state index is 1.01. The van der Waals surface area contributed by atoms with Crippen LogP contribution in [0.25, 0.3) is 0 Å². The molecule has 1 N–H and O–H groups in total. The third-order valence-corrected chi connectivity index (χ3v) is 4.83. The fraction of sp³-hybridized carbons (Fsp3) is 0.500. The van der Waals surface area contributed by atoms with Gasteiger partial charge in [-0.1, -0.05) is 24.4 Å². The highest BCUT2D eigenvalue weighted by Crippen LogP contribution is 2.16. The highest BCUT2D eigenvalue weighted by molar-refractivity contribution is 7.98. The van der Waals surface area contributed by atoms with Crippen LogP contribution in [0, 0.1) is 0 Å². The second-order valence-electron chi connectivity index (χ2n) is 4.62. The van der Waals surface area contributed by atoms with Gasteiger partial charge in [-0.15, -0.1) is 11.8 Å². The third kappa shape index (κ3) is 3.25. The molecule has 0 bridgehead atoms. The van der Waals surface area contributed by atoms with E-state index < -0.39 is 0 Å². The Morgan fingerprint density at radius 3 is 2.39 bits per heavy atom. The van der Waals surface area contributed by atoms with Gasteiger partial charge in [0.2, 0.25) is 0 Å². The molecule has 2 nitrogen and oxygen atoms in total. The Bertz CT molecular complexity index is 395. The standard InChI is InChI=1S/C14H20N2S2/c1-3-15-8-10-16(11-9-15)14(17)12-4-6-13(18-2)7-5-12/h4-7H,3,8-11H2,1-2H3/p+1. The minimum Gasteiger partial charge on any atom is -0.351 e. The maximum absolute atomic E-state index is 5.60. The molecule has 98 valence electrons. The monoisotopic (exact) mass is 281 g/mol. The molecule has 1 aromatic carbocycles. The molecule has 0 saturated carbocycles. The van der Waals surface area contributed by atoms with Crippen LogP contribution in [0.5, 0.6) is 0 Å². The van der Waals surface area contributed by atoms with Gasteiger partial charge in [0.05, 0.1) is 32.7 Å². The number of hydrogen-bond donors (Lipinski definition) is 1. The lowest BCUT2D eigenvalue weighted by molar-refractivity contribution is -0.902. The van der Waals surface area contributed by atoms with Crippen LogP contribution in [0.3, 0.4) is 0 Å². The Hall–Kier alpha value is -0.580. The molecule has 0 radical (unpaired) electrons. The van der Waals surface area contributed by atoms with Gasteiger partial charge in [-0.3, -0.25) is 0 Å². The van der Waals surface area contributed by atoms with Crippen molar-refractivity contribution in [3.63, 3.8) is 0 Å². The SMILES string of the molecule is CC[NH+]1CCN(C(=S)c2ccc(SC)cc2)CC1. The quantitative estimate of drug-likeness (QED) is 0.660. The smallest absolute Gasteiger partial charge is 0.109 e. The van der Waals surface area contributed by atoms with Gasteiger partial charge in [-0.25, -0.2) is 0 Å². The number of quaternary nitrogens is 1. The Balaban J connectivity index is 1.98. The van der Waals surface area contributed by atoms with E-state index >= 15 is 0 Å². The maximum atomic E-state index is 5.60. The van der Waals surface area contributed by atoms with E-state index in [2.05, 4.69) is 42.3 Å². The molecule has 1 fully saturated rings. The first-order valence-electron chi connectivity index (χ1n) is 6.51. The van der Waals surface area contributed by atoms with Crippen LogP contribution >= 0.6 is 24.0 Å². The number of hydrogen-bond acceptors (Lipinski definition) is 2. The lowest BCUT2D eigenvalue weighted by Gasteiger charge is -2.33. The highest BCUT2D eigenvalue weighted by Gasteiger charge is 2.20. The Morgan fingerprint density at radius 1 is 1.28 bits per heavy atom. The summed E-state index contributed by atoms with van der Waals surface area (Å²) in [6.07, 6.45) is 2.10. The lowest BCUT2D eigenvalue weighted by Crippen LogP contribution is -3.14. The van der Waals surface area contributed by atoms with E-state index in [0.717, 1.165) is 18.1 Å². The van der Waals surface area contributed by atoms with Gasteiger partial charge in [-0.2, -0.15) is 0 Å². The maximum Gasteiger partial charge on any atom is 0.109 e. The first-order chi connectivity index (χ1) is 8.74. The van der Waals surface area contributed by atoms with Crippen molar-refractivity contribution in [1.82, 2.24) is 4.90 Å². The molecule has 1 aliphatic heterocycles. The number of nitrogens with zero attached hydrogens (tertiary/aromatic N) is 1. The predicted octanol–water partition coefficient (Wildman–Crippen LogP) is 1.30. The molecule has 0 amide bonds.